The topological polar surface area (TPSA) is 66.5 Å². The van der Waals surface area contributed by atoms with Crippen LogP contribution in [0.25, 0.3) is 0 Å². The normalized spacial score (nSPS) is 19.4. The lowest BCUT2D eigenvalue weighted by Crippen LogP contribution is -2.46. The summed E-state index contributed by atoms with van der Waals surface area (Å²) in [5.74, 6) is -0.556. The van der Waals surface area contributed by atoms with Gasteiger partial charge in [-0.05, 0) is 42.2 Å². The van der Waals surface area contributed by atoms with Crippen molar-refractivity contribution in [1.29, 1.82) is 0 Å². The number of hydrogen-bond acceptors (Lipinski definition) is 3. The first-order valence-corrected chi connectivity index (χ1v) is 12.4. The second-order valence-corrected chi connectivity index (χ2v) is 10.3. The molecule has 1 heterocycles. The highest BCUT2D eigenvalue weighted by Gasteiger charge is 2.40. The molecular weight excluding hydrogens is 444 g/mol. The van der Waals surface area contributed by atoms with Crippen LogP contribution in [0.3, 0.4) is 0 Å². The molecule has 1 saturated heterocycles. The van der Waals surface area contributed by atoms with Crippen molar-refractivity contribution in [2.75, 3.05) is 6.54 Å². The molecule has 0 saturated carbocycles. The fourth-order valence-corrected chi connectivity index (χ4v) is 6.11. The molecule has 32 heavy (non-hydrogen) atoms. The van der Waals surface area contributed by atoms with Gasteiger partial charge < -0.3 is 5.32 Å². The van der Waals surface area contributed by atoms with E-state index in [0.717, 1.165) is 11.1 Å². The van der Waals surface area contributed by atoms with Crippen molar-refractivity contribution in [2.24, 2.45) is 5.92 Å². The Hall–Kier alpha value is -2.67. The van der Waals surface area contributed by atoms with Crippen LogP contribution in [-0.2, 0) is 21.4 Å². The SMILES string of the molecule is O=C(NCc1ccccc1)C1CCC(c2ccccc2)N(S(=O)(=O)c2cccc(Cl)c2)C1. The fourth-order valence-electron chi connectivity index (χ4n) is 4.12. The summed E-state index contributed by atoms with van der Waals surface area (Å²) >= 11 is 6.07. The Morgan fingerprint density at radius 3 is 2.31 bits per heavy atom. The van der Waals surface area contributed by atoms with E-state index in [0.29, 0.717) is 24.4 Å². The molecule has 3 aromatic rings. The lowest BCUT2D eigenvalue weighted by Gasteiger charge is -2.38. The lowest BCUT2D eigenvalue weighted by atomic mass is 9.90. The zero-order chi connectivity index (χ0) is 22.6. The third kappa shape index (κ3) is 5.04. The monoisotopic (exact) mass is 468 g/mol. The van der Waals surface area contributed by atoms with Gasteiger partial charge in [-0.1, -0.05) is 78.3 Å². The highest BCUT2D eigenvalue weighted by atomic mass is 35.5. The van der Waals surface area contributed by atoms with E-state index in [1.54, 1.807) is 18.2 Å². The smallest absolute Gasteiger partial charge is 0.243 e. The van der Waals surface area contributed by atoms with Crippen molar-refractivity contribution in [3.05, 3.63) is 101 Å². The molecule has 1 aliphatic heterocycles. The summed E-state index contributed by atoms with van der Waals surface area (Å²) in [5, 5.41) is 3.32. The molecule has 0 radical (unpaired) electrons. The van der Waals surface area contributed by atoms with Gasteiger partial charge in [0.15, 0.2) is 0 Å². The number of carbonyl (C=O) groups excluding carboxylic acids is 1. The van der Waals surface area contributed by atoms with E-state index < -0.39 is 15.9 Å². The molecule has 1 amide bonds. The summed E-state index contributed by atoms with van der Waals surface area (Å²) in [6, 6.07) is 25.2. The molecule has 0 aromatic heterocycles. The van der Waals surface area contributed by atoms with Gasteiger partial charge in [0, 0.05) is 18.1 Å². The Bertz CT molecular complexity index is 1170. The average molecular weight is 469 g/mol. The Balaban J connectivity index is 1.59. The second-order valence-electron chi connectivity index (χ2n) is 7.94. The Kier molecular flexibility index (Phi) is 6.94. The van der Waals surface area contributed by atoms with E-state index in [2.05, 4.69) is 5.32 Å². The fraction of sp³-hybridized carbons (Fsp3) is 0.240. The van der Waals surface area contributed by atoms with E-state index in [4.69, 9.17) is 11.6 Å². The molecule has 0 spiro atoms. The largest absolute Gasteiger partial charge is 0.352 e. The minimum absolute atomic E-state index is 0.120. The Labute approximate surface area is 194 Å². The molecular formula is C25H25ClN2O3S. The van der Waals surface area contributed by atoms with E-state index in [1.807, 2.05) is 60.7 Å². The summed E-state index contributed by atoms with van der Waals surface area (Å²) in [6.45, 7) is 0.536. The number of amides is 1. The first-order valence-electron chi connectivity index (χ1n) is 10.6. The van der Waals surface area contributed by atoms with Gasteiger partial charge in [-0.2, -0.15) is 4.31 Å². The van der Waals surface area contributed by atoms with Crippen LogP contribution < -0.4 is 5.32 Å². The molecule has 7 heteroatoms. The number of rotatable bonds is 6. The van der Waals surface area contributed by atoms with Gasteiger partial charge >= 0.3 is 0 Å². The van der Waals surface area contributed by atoms with Crippen molar-refractivity contribution < 1.29 is 13.2 Å². The van der Waals surface area contributed by atoms with Crippen LogP contribution in [0, 0.1) is 5.92 Å². The van der Waals surface area contributed by atoms with Crippen LogP contribution in [0.15, 0.2) is 89.8 Å². The van der Waals surface area contributed by atoms with Gasteiger partial charge in [-0.25, -0.2) is 8.42 Å². The highest BCUT2D eigenvalue weighted by Crippen LogP contribution is 2.38. The van der Waals surface area contributed by atoms with Crippen LogP contribution in [0.1, 0.15) is 30.0 Å². The van der Waals surface area contributed by atoms with Crippen LogP contribution in [0.4, 0.5) is 0 Å². The van der Waals surface area contributed by atoms with Gasteiger partial charge in [0.1, 0.15) is 0 Å². The number of benzene rings is 3. The predicted molar refractivity (Wildman–Crippen MR) is 126 cm³/mol. The van der Waals surface area contributed by atoms with Crippen molar-refractivity contribution in [1.82, 2.24) is 9.62 Å². The standard InChI is InChI=1S/C25H25ClN2O3S/c26-22-12-7-13-23(16-22)32(30,31)28-18-21(14-15-24(28)20-10-5-2-6-11-20)25(29)27-17-19-8-3-1-4-9-19/h1-13,16,21,24H,14-15,17-18H2,(H,27,29). The zero-order valence-corrected chi connectivity index (χ0v) is 19.1. The number of nitrogens with one attached hydrogen (secondary N) is 1. The molecule has 166 valence electrons. The molecule has 3 aromatic carbocycles. The van der Waals surface area contributed by atoms with Gasteiger partial charge in [-0.3, -0.25) is 4.79 Å². The molecule has 0 bridgehead atoms. The molecule has 4 rings (SSSR count). The van der Waals surface area contributed by atoms with Crippen LogP contribution in [-0.4, -0.2) is 25.2 Å². The minimum atomic E-state index is -3.85. The number of halogens is 1. The van der Waals surface area contributed by atoms with Crippen molar-refractivity contribution in [2.45, 2.75) is 30.3 Å². The average Bonchev–Trinajstić information content (AvgIpc) is 2.83. The summed E-state index contributed by atoms with van der Waals surface area (Å²) in [4.78, 5) is 13.1. The third-order valence-corrected chi connectivity index (χ3v) is 7.91. The Morgan fingerprint density at radius 2 is 1.62 bits per heavy atom. The van der Waals surface area contributed by atoms with Crippen molar-refractivity contribution in [3.63, 3.8) is 0 Å². The highest BCUT2D eigenvalue weighted by molar-refractivity contribution is 7.89. The lowest BCUT2D eigenvalue weighted by molar-refractivity contribution is -0.126. The molecule has 0 aliphatic carbocycles. The van der Waals surface area contributed by atoms with Gasteiger partial charge in [0.05, 0.1) is 16.9 Å². The number of hydrogen-bond donors (Lipinski definition) is 1. The van der Waals surface area contributed by atoms with Gasteiger partial charge in [0.25, 0.3) is 0 Å². The minimum Gasteiger partial charge on any atom is -0.352 e. The molecule has 1 fully saturated rings. The molecule has 5 nitrogen and oxygen atoms in total. The Morgan fingerprint density at radius 1 is 0.938 bits per heavy atom. The van der Waals surface area contributed by atoms with Gasteiger partial charge in [0.2, 0.25) is 15.9 Å². The molecule has 2 unspecified atom stereocenters. The van der Waals surface area contributed by atoms with Crippen LogP contribution >= 0.6 is 11.6 Å². The quantitative estimate of drug-likeness (QED) is 0.565. The zero-order valence-electron chi connectivity index (χ0n) is 17.5. The summed E-state index contributed by atoms with van der Waals surface area (Å²) < 4.78 is 28.7. The summed E-state index contributed by atoms with van der Waals surface area (Å²) in [6.07, 6.45) is 1.18. The van der Waals surface area contributed by atoms with E-state index >= 15 is 0 Å². The molecule has 1 aliphatic rings. The number of piperidine rings is 1. The summed E-state index contributed by atoms with van der Waals surface area (Å²) in [7, 11) is -3.85. The predicted octanol–water partition coefficient (Wildman–Crippen LogP) is 4.80. The maximum Gasteiger partial charge on any atom is 0.243 e. The van der Waals surface area contributed by atoms with Crippen LogP contribution in [0.5, 0.6) is 0 Å². The summed E-state index contributed by atoms with van der Waals surface area (Å²) in [5.41, 5.74) is 1.92. The number of sulfonamides is 1. The maximum atomic E-state index is 13.6. The maximum absolute atomic E-state index is 13.6. The van der Waals surface area contributed by atoms with E-state index in [1.165, 1.54) is 10.4 Å². The molecule has 2 atom stereocenters. The molecule has 1 N–H and O–H groups in total. The van der Waals surface area contributed by atoms with Gasteiger partial charge in [-0.15, -0.1) is 0 Å². The number of nitrogens with zero attached hydrogens (tertiary/aromatic N) is 1. The van der Waals surface area contributed by atoms with E-state index in [9.17, 15) is 13.2 Å². The first-order chi connectivity index (χ1) is 15.4. The van der Waals surface area contributed by atoms with E-state index in [-0.39, 0.29) is 23.4 Å². The van der Waals surface area contributed by atoms with Crippen molar-refractivity contribution in [3.8, 4) is 0 Å². The van der Waals surface area contributed by atoms with Crippen molar-refractivity contribution >= 4 is 27.5 Å². The third-order valence-electron chi connectivity index (χ3n) is 5.80. The van der Waals surface area contributed by atoms with Crippen LogP contribution in [0.2, 0.25) is 5.02 Å². The first kappa shape index (κ1) is 22.5. The second kappa shape index (κ2) is 9.86. The number of carbonyl (C=O) groups is 1.